The van der Waals surface area contributed by atoms with Gasteiger partial charge in [0.25, 0.3) is 0 Å². The molecule has 76 valence electrons. The van der Waals surface area contributed by atoms with Crippen molar-refractivity contribution in [2.24, 2.45) is 0 Å². The van der Waals surface area contributed by atoms with Crippen LogP contribution in [0, 0.1) is 0 Å². The number of hydrogen-bond donors (Lipinski definition) is 0. The molecule has 0 aliphatic heterocycles. The van der Waals surface area contributed by atoms with Gasteiger partial charge in [-0.2, -0.15) is 0 Å². The molecular weight excluding hydrogens is 279 g/mol. The third-order valence-electron chi connectivity index (χ3n) is 2.09. The Hall–Kier alpha value is -0.441. The maximum atomic E-state index is 5.43. The molecule has 0 saturated carbocycles. The molecular formula is C12H18OSn. The molecule has 14 heavy (non-hydrogen) atoms. The Balaban J connectivity index is 2.73. The first-order valence-electron chi connectivity index (χ1n) is 4.88. The van der Waals surface area contributed by atoms with Crippen molar-refractivity contribution in [3.05, 3.63) is 36.9 Å². The van der Waals surface area contributed by atoms with Crippen LogP contribution in [0.2, 0.25) is 14.8 Å². The fraction of sp³-hybridized carbons (Fsp3) is 0.333. The molecule has 0 aliphatic carbocycles. The van der Waals surface area contributed by atoms with E-state index in [1.807, 2.05) is 0 Å². The summed E-state index contributed by atoms with van der Waals surface area (Å²) in [5.74, 6) is 0.934. The molecule has 0 atom stereocenters. The van der Waals surface area contributed by atoms with Gasteiger partial charge in [-0.1, -0.05) is 0 Å². The molecule has 0 fully saturated rings. The molecule has 0 N–H and O–H groups in total. The van der Waals surface area contributed by atoms with Crippen LogP contribution in [0.25, 0.3) is 0 Å². The quantitative estimate of drug-likeness (QED) is 0.613. The summed E-state index contributed by atoms with van der Waals surface area (Å²) in [4.78, 5) is 7.23. The van der Waals surface area contributed by atoms with Crippen molar-refractivity contribution in [1.82, 2.24) is 0 Å². The molecule has 0 spiro atoms. The number of ether oxygens (including phenoxy) is 1. The van der Waals surface area contributed by atoms with E-state index in [-0.39, 0.29) is 0 Å². The van der Waals surface area contributed by atoms with Crippen LogP contribution in [-0.4, -0.2) is 25.0 Å². The minimum atomic E-state index is -1.86. The Morgan fingerprint density at radius 3 is 2.21 bits per heavy atom. The zero-order valence-corrected chi connectivity index (χ0v) is 12.1. The third kappa shape index (κ3) is 3.37. The van der Waals surface area contributed by atoms with Gasteiger partial charge in [-0.3, -0.25) is 0 Å². The monoisotopic (exact) mass is 298 g/mol. The van der Waals surface area contributed by atoms with E-state index in [0.717, 1.165) is 5.75 Å². The molecule has 1 rings (SSSR count). The molecule has 0 heterocycles. The van der Waals surface area contributed by atoms with Gasteiger partial charge >= 0.3 is 90.8 Å². The Kier molecular flexibility index (Phi) is 4.05. The molecule has 1 nitrogen and oxygen atoms in total. The average molecular weight is 297 g/mol. The second kappa shape index (κ2) is 4.87. The van der Waals surface area contributed by atoms with E-state index >= 15 is 0 Å². The first-order chi connectivity index (χ1) is 6.54. The van der Waals surface area contributed by atoms with Crippen molar-refractivity contribution in [3.8, 4) is 5.75 Å². The average Bonchev–Trinajstić information content (AvgIpc) is 2.14. The molecule has 1 aromatic carbocycles. The summed E-state index contributed by atoms with van der Waals surface area (Å²) in [5.41, 5.74) is 0. The fourth-order valence-electron chi connectivity index (χ4n) is 1.21. The van der Waals surface area contributed by atoms with Crippen LogP contribution < -0.4 is 8.32 Å². The van der Waals surface area contributed by atoms with Crippen molar-refractivity contribution in [2.75, 3.05) is 6.61 Å². The summed E-state index contributed by atoms with van der Waals surface area (Å²) < 4.78 is 6.96. The summed E-state index contributed by atoms with van der Waals surface area (Å²) >= 11 is -1.86. The van der Waals surface area contributed by atoms with Crippen LogP contribution in [0.3, 0.4) is 0 Å². The summed E-state index contributed by atoms with van der Waals surface area (Å²) in [6.45, 7) is 4.20. The zero-order chi connectivity index (χ0) is 10.6. The normalized spacial score (nSPS) is 11.1. The molecule has 0 radical (unpaired) electrons. The predicted octanol–water partition coefficient (Wildman–Crippen LogP) is 2.80. The van der Waals surface area contributed by atoms with E-state index in [0.29, 0.717) is 6.61 Å². The second-order valence-corrected chi connectivity index (χ2v) is 18.9. The number of benzene rings is 1. The minimum absolute atomic E-state index is 0.581. The Labute approximate surface area is 90.7 Å². The van der Waals surface area contributed by atoms with Crippen LogP contribution in [0.15, 0.2) is 36.9 Å². The van der Waals surface area contributed by atoms with Gasteiger partial charge in [0.15, 0.2) is 0 Å². The SMILES string of the molecule is C=CCOc1cc[c]([Sn]([CH3])([CH3])[CH3])cc1. The van der Waals surface area contributed by atoms with Gasteiger partial charge in [0.2, 0.25) is 0 Å². The van der Waals surface area contributed by atoms with Crippen LogP contribution >= 0.6 is 0 Å². The standard InChI is InChI=1S/C9H9O.3CH3.Sn/c1-2-8-10-9-6-4-3-5-7-9;;;;/h2,4-7H,1,8H2;3*1H3;. The zero-order valence-electron chi connectivity index (χ0n) is 9.21. The molecule has 0 amide bonds. The molecule has 0 bridgehead atoms. The van der Waals surface area contributed by atoms with Gasteiger partial charge in [-0.25, -0.2) is 0 Å². The Morgan fingerprint density at radius 2 is 1.79 bits per heavy atom. The summed E-state index contributed by atoms with van der Waals surface area (Å²) in [7, 11) is 0. The van der Waals surface area contributed by atoms with Gasteiger partial charge in [0.05, 0.1) is 0 Å². The molecule has 0 aliphatic rings. The predicted molar refractivity (Wildman–Crippen MR) is 65.1 cm³/mol. The third-order valence-corrected chi connectivity index (χ3v) is 7.98. The van der Waals surface area contributed by atoms with Crippen LogP contribution in [0.5, 0.6) is 5.75 Å². The van der Waals surface area contributed by atoms with E-state index in [1.165, 1.54) is 3.58 Å². The first kappa shape index (κ1) is 11.6. The number of rotatable bonds is 4. The van der Waals surface area contributed by atoms with E-state index in [9.17, 15) is 0 Å². The summed E-state index contributed by atoms with van der Waals surface area (Å²) in [5, 5.41) is 0. The van der Waals surface area contributed by atoms with Gasteiger partial charge in [0.1, 0.15) is 0 Å². The fourth-order valence-corrected chi connectivity index (χ4v) is 4.54. The molecule has 2 heteroatoms. The van der Waals surface area contributed by atoms with Crippen LogP contribution in [-0.2, 0) is 0 Å². The summed E-state index contributed by atoms with van der Waals surface area (Å²) in [6, 6.07) is 8.52. The molecule has 1 aromatic rings. The van der Waals surface area contributed by atoms with Gasteiger partial charge in [0, 0.05) is 0 Å². The van der Waals surface area contributed by atoms with Crippen molar-refractivity contribution in [3.63, 3.8) is 0 Å². The van der Waals surface area contributed by atoms with Crippen LogP contribution in [0.1, 0.15) is 0 Å². The van der Waals surface area contributed by atoms with Crippen molar-refractivity contribution in [2.45, 2.75) is 14.8 Å². The topological polar surface area (TPSA) is 9.23 Å². The van der Waals surface area contributed by atoms with Crippen molar-refractivity contribution in [1.29, 1.82) is 0 Å². The number of hydrogen-bond acceptors (Lipinski definition) is 1. The first-order valence-corrected chi connectivity index (χ1v) is 14.9. The van der Waals surface area contributed by atoms with Crippen molar-refractivity contribution < 1.29 is 4.74 Å². The van der Waals surface area contributed by atoms with Crippen LogP contribution in [0.4, 0.5) is 0 Å². The Morgan fingerprint density at radius 1 is 1.21 bits per heavy atom. The molecule has 0 unspecified atom stereocenters. The Bertz CT molecular complexity index is 295. The van der Waals surface area contributed by atoms with E-state index < -0.39 is 18.4 Å². The molecule has 0 saturated heterocycles. The van der Waals surface area contributed by atoms with E-state index in [4.69, 9.17) is 4.74 Å². The molecule has 0 aromatic heterocycles. The summed E-state index contributed by atoms with van der Waals surface area (Å²) in [6.07, 6.45) is 1.76. The van der Waals surface area contributed by atoms with Gasteiger partial charge in [-0.05, 0) is 0 Å². The van der Waals surface area contributed by atoms with E-state index in [1.54, 1.807) is 6.08 Å². The van der Waals surface area contributed by atoms with Crippen molar-refractivity contribution >= 4 is 22.0 Å². The second-order valence-electron chi connectivity index (χ2n) is 4.37. The van der Waals surface area contributed by atoms with Gasteiger partial charge in [-0.15, -0.1) is 0 Å². The maximum absolute atomic E-state index is 5.43. The van der Waals surface area contributed by atoms with E-state index in [2.05, 4.69) is 45.7 Å². The van der Waals surface area contributed by atoms with Gasteiger partial charge < -0.3 is 0 Å².